The summed E-state index contributed by atoms with van der Waals surface area (Å²) in [4.78, 5) is 17.4. The van der Waals surface area contributed by atoms with Crippen LogP contribution in [0, 0.1) is 5.41 Å². The monoisotopic (exact) mass is 237 g/mol. The molecule has 0 aliphatic heterocycles. The van der Waals surface area contributed by atoms with Crippen molar-refractivity contribution >= 4 is 5.91 Å². The highest BCUT2D eigenvalue weighted by Gasteiger charge is 2.22. The molecule has 1 amide bonds. The number of aromatic nitrogens is 1. The number of pyridine rings is 1. The molecular weight excluding hydrogens is 218 g/mol. The molecule has 0 aliphatic rings. The minimum Gasteiger partial charge on any atom is -0.506 e. The van der Waals surface area contributed by atoms with Crippen molar-refractivity contribution in [2.24, 2.45) is 11.1 Å². The van der Waals surface area contributed by atoms with Gasteiger partial charge in [0.1, 0.15) is 5.75 Å². The second-order valence-electron chi connectivity index (χ2n) is 4.96. The molecule has 1 rings (SSSR count). The maximum absolute atomic E-state index is 12.0. The number of amides is 1. The third kappa shape index (κ3) is 3.71. The van der Waals surface area contributed by atoms with Crippen LogP contribution in [0.5, 0.6) is 5.75 Å². The van der Waals surface area contributed by atoms with E-state index in [-0.39, 0.29) is 17.1 Å². The van der Waals surface area contributed by atoms with Gasteiger partial charge >= 0.3 is 0 Å². The molecule has 94 valence electrons. The van der Waals surface area contributed by atoms with Crippen LogP contribution in [-0.4, -0.2) is 41.0 Å². The molecule has 0 aliphatic carbocycles. The predicted octanol–water partition coefficient (Wildman–Crippen LogP) is 0.844. The van der Waals surface area contributed by atoms with Crippen LogP contribution in [0.3, 0.4) is 0 Å². The topological polar surface area (TPSA) is 79.5 Å². The zero-order valence-corrected chi connectivity index (χ0v) is 10.5. The lowest BCUT2D eigenvalue weighted by Gasteiger charge is -2.29. The molecule has 1 heterocycles. The lowest BCUT2D eigenvalue weighted by atomic mass is 9.93. The summed E-state index contributed by atoms with van der Waals surface area (Å²) in [6.07, 6.45) is 2.73. The standard InChI is InChI=1S/C12H19N3O2/c1-12(2,7-13)8-15(3)11(17)9-4-10(16)6-14-5-9/h4-6,16H,7-8,13H2,1-3H3. The molecule has 0 radical (unpaired) electrons. The zero-order valence-electron chi connectivity index (χ0n) is 10.5. The summed E-state index contributed by atoms with van der Waals surface area (Å²) >= 11 is 0. The van der Waals surface area contributed by atoms with Crippen LogP contribution < -0.4 is 5.73 Å². The Hall–Kier alpha value is -1.62. The maximum atomic E-state index is 12.0. The van der Waals surface area contributed by atoms with Crippen molar-refractivity contribution in [2.45, 2.75) is 13.8 Å². The highest BCUT2D eigenvalue weighted by molar-refractivity contribution is 5.94. The van der Waals surface area contributed by atoms with Gasteiger partial charge in [0, 0.05) is 19.8 Å². The smallest absolute Gasteiger partial charge is 0.255 e. The average Bonchev–Trinajstić information content (AvgIpc) is 2.27. The zero-order chi connectivity index (χ0) is 13.1. The molecule has 3 N–H and O–H groups in total. The summed E-state index contributed by atoms with van der Waals surface area (Å²) in [5.41, 5.74) is 5.87. The molecule has 0 saturated heterocycles. The molecule has 5 heteroatoms. The van der Waals surface area contributed by atoms with Crippen molar-refractivity contribution in [2.75, 3.05) is 20.1 Å². The molecule has 0 aromatic carbocycles. The van der Waals surface area contributed by atoms with Gasteiger partial charge < -0.3 is 15.7 Å². The maximum Gasteiger partial charge on any atom is 0.255 e. The SMILES string of the molecule is CN(CC(C)(C)CN)C(=O)c1cncc(O)c1. The summed E-state index contributed by atoms with van der Waals surface area (Å²) in [5.74, 6) is -0.183. The number of aromatic hydroxyl groups is 1. The first kappa shape index (κ1) is 13.4. The van der Waals surface area contributed by atoms with E-state index in [0.29, 0.717) is 18.7 Å². The number of hydrogen-bond donors (Lipinski definition) is 2. The molecule has 17 heavy (non-hydrogen) atoms. The Morgan fingerprint density at radius 1 is 1.53 bits per heavy atom. The van der Waals surface area contributed by atoms with Gasteiger partial charge in [0.25, 0.3) is 5.91 Å². The Morgan fingerprint density at radius 2 is 2.18 bits per heavy atom. The van der Waals surface area contributed by atoms with Crippen molar-refractivity contribution < 1.29 is 9.90 Å². The number of nitrogens with two attached hydrogens (primary N) is 1. The van der Waals surface area contributed by atoms with Gasteiger partial charge in [-0.15, -0.1) is 0 Å². The Balaban J connectivity index is 2.77. The number of carbonyl (C=O) groups excluding carboxylic acids is 1. The van der Waals surface area contributed by atoms with Crippen molar-refractivity contribution in [1.29, 1.82) is 0 Å². The molecule has 0 spiro atoms. The van der Waals surface area contributed by atoms with E-state index in [4.69, 9.17) is 5.73 Å². The van der Waals surface area contributed by atoms with E-state index in [1.807, 2.05) is 13.8 Å². The largest absolute Gasteiger partial charge is 0.506 e. The van der Waals surface area contributed by atoms with Crippen molar-refractivity contribution in [3.63, 3.8) is 0 Å². The summed E-state index contributed by atoms with van der Waals surface area (Å²) in [7, 11) is 1.71. The number of carbonyl (C=O) groups is 1. The Morgan fingerprint density at radius 3 is 2.71 bits per heavy atom. The molecular formula is C12H19N3O2. The van der Waals surface area contributed by atoms with Crippen molar-refractivity contribution in [3.8, 4) is 5.75 Å². The summed E-state index contributed by atoms with van der Waals surface area (Å²) in [5, 5.41) is 9.27. The lowest BCUT2D eigenvalue weighted by Crippen LogP contribution is -2.39. The summed E-state index contributed by atoms with van der Waals surface area (Å²) in [6.45, 7) is 5.05. The van der Waals surface area contributed by atoms with Crippen molar-refractivity contribution in [3.05, 3.63) is 24.0 Å². The number of nitrogens with zero attached hydrogens (tertiary/aromatic N) is 2. The van der Waals surface area contributed by atoms with Gasteiger partial charge in [-0.25, -0.2) is 0 Å². The Bertz CT molecular complexity index is 404. The fourth-order valence-electron chi connectivity index (χ4n) is 1.54. The minimum absolute atomic E-state index is 0.0117. The number of hydrogen-bond acceptors (Lipinski definition) is 4. The molecule has 0 atom stereocenters. The Labute approximate surface area is 101 Å². The van der Waals surface area contributed by atoms with Gasteiger partial charge in [-0.2, -0.15) is 0 Å². The highest BCUT2D eigenvalue weighted by atomic mass is 16.3. The van der Waals surface area contributed by atoms with Crippen LogP contribution in [0.4, 0.5) is 0 Å². The lowest BCUT2D eigenvalue weighted by molar-refractivity contribution is 0.0739. The highest BCUT2D eigenvalue weighted by Crippen LogP contribution is 2.16. The normalized spacial score (nSPS) is 11.3. The quantitative estimate of drug-likeness (QED) is 0.813. The van der Waals surface area contributed by atoms with Crippen LogP contribution in [0.25, 0.3) is 0 Å². The molecule has 1 aromatic heterocycles. The van der Waals surface area contributed by atoms with E-state index in [2.05, 4.69) is 4.98 Å². The van der Waals surface area contributed by atoms with E-state index >= 15 is 0 Å². The first-order chi connectivity index (χ1) is 7.85. The first-order valence-corrected chi connectivity index (χ1v) is 5.45. The van der Waals surface area contributed by atoms with Crippen LogP contribution >= 0.6 is 0 Å². The van der Waals surface area contributed by atoms with E-state index in [1.54, 1.807) is 11.9 Å². The van der Waals surface area contributed by atoms with E-state index in [9.17, 15) is 9.90 Å². The van der Waals surface area contributed by atoms with Crippen LogP contribution in [0.2, 0.25) is 0 Å². The third-order valence-electron chi connectivity index (χ3n) is 2.54. The molecule has 0 fully saturated rings. The van der Waals surface area contributed by atoms with Gasteiger partial charge in [0.05, 0.1) is 11.8 Å². The molecule has 5 nitrogen and oxygen atoms in total. The molecule has 0 bridgehead atoms. The fraction of sp³-hybridized carbons (Fsp3) is 0.500. The van der Waals surface area contributed by atoms with Crippen LogP contribution in [0.1, 0.15) is 24.2 Å². The van der Waals surface area contributed by atoms with Gasteiger partial charge in [-0.05, 0) is 18.0 Å². The molecule has 0 unspecified atom stereocenters. The Kier molecular flexibility index (Phi) is 4.07. The van der Waals surface area contributed by atoms with E-state index in [0.717, 1.165) is 0 Å². The van der Waals surface area contributed by atoms with Gasteiger partial charge in [0.15, 0.2) is 0 Å². The number of rotatable bonds is 4. The van der Waals surface area contributed by atoms with E-state index < -0.39 is 0 Å². The van der Waals surface area contributed by atoms with Gasteiger partial charge in [0.2, 0.25) is 0 Å². The summed E-state index contributed by atoms with van der Waals surface area (Å²) < 4.78 is 0. The van der Waals surface area contributed by atoms with Gasteiger partial charge in [-0.1, -0.05) is 13.8 Å². The second kappa shape index (κ2) is 5.14. The molecule has 1 aromatic rings. The van der Waals surface area contributed by atoms with Crippen molar-refractivity contribution in [1.82, 2.24) is 9.88 Å². The second-order valence-corrected chi connectivity index (χ2v) is 4.96. The minimum atomic E-state index is -0.171. The average molecular weight is 237 g/mol. The predicted molar refractivity (Wildman–Crippen MR) is 65.7 cm³/mol. The first-order valence-electron chi connectivity index (χ1n) is 5.45. The van der Waals surface area contributed by atoms with Crippen LogP contribution in [0.15, 0.2) is 18.5 Å². The molecule has 0 saturated carbocycles. The fourth-order valence-corrected chi connectivity index (χ4v) is 1.54. The summed E-state index contributed by atoms with van der Waals surface area (Å²) in [6, 6.07) is 1.40. The van der Waals surface area contributed by atoms with E-state index in [1.165, 1.54) is 18.5 Å². The van der Waals surface area contributed by atoms with Gasteiger partial charge in [-0.3, -0.25) is 9.78 Å². The third-order valence-corrected chi connectivity index (χ3v) is 2.54. The van der Waals surface area contributed by atoms with Crippen LogP contribution in [-0.2, 0) is 0 Å².